The van der Waals surface area contributed by atoms with E-state index in [4.69, 9.17) is 11.6 Å². The SMILES string of the molecule is CC1CN(C(=O)CSc2ccccc2Cl)CCC1O. The Labute approximate surface area is 122 Å². The van der Waals surface area contributed by atoms with E-state index in [9.17, 15) is 9.90 Å². The fourth-order valence-electron chi connectivity index (χ4n) is 2.15. The highest BCUT2D eigenvalue weighted by atomic mass is 35.5. The molecule has 2 rings (SSSR count). The Morgan fingerprint density at radius 2 is 2.26 bits per heavy atom. The summed E-state index contributed by atoms with van der Waals surface area (Å²) in [6.07, 6.45) is 0.393. The third-order valence-corrected chi connectivity index (χ3v) is 4.90. The average molecular weight is 300 g/mol. The van der Waals surface area contributed by atoms with Crippen LogP contribution in [0.15, 0.2) is 29.2 Å². The number of carbonyl (C=O) groups excluding carboxylic acids is 1. The van der Waals surface area contributed by atoms with Crippen molar-refractivity contribution in [2.45, 2.75) is 24.3 Å². The van der Waals surface area contributed by atoms with Gasteiger partial charge in [0.25, 0.3) is 0 Å². The van der Waals surface area contributed by atoms with Crippen LogP contribution in [0.5, 0.6) is 0 Å². The molecule has 1 aromatic carbocycles. The molecule has 2 unspecified atom stereocenters. The van der Waals surface area contributed by atoms with Crippen molar-refractivity contribution in [2.75, 3.05) is 18.8 Å². The lowest BCUT2D eigenvalue weighted by Gasteiger charge is -2.34. The zero-order valence-electron chi connectivity index (χ0n) is 10.9. The van der Waals surface area contributed by atoms with Gasteiger partial charge in [0, 0.05) is 18.0 Å². The Kier molecular flexibility index (Phi) is 5.13. The van der Waals surface area contributed by atoms with Gasteiger partial charge in [-0.3, -0.25) is 4.79 Å². The number of hydrogen-bond acceptors (Lipinski definition) is 3. The summed E-state index contributed by atoms with van der Waals surface area (Å²) < 4.78 is 0. The minimum Gasteiger partial charge on any atom is -0.393 e. The van der Waals surface area contributed by atoms with Crippen LogP contribution in [0.3, 0.4) is 0 Å². The normalized spacial score (nSPS) is 23.4. The standard InChI is InChI=1S/C14H18ClNO2S/c1-10-8-16(7-6-12(10)17)14(18)9-19-13-5-3-2-4-11(13)15/h2-5,10,12,17H,6-9H2,1H3. The van der Waals surface area contributed by atoms with E-state index in [0.29, 0.717) is 30.3 Å². The number of rotatable bonds is 3. The molecule has 104 valence electrons. The fourth-order valence-corrected chi connectivity index (χ4v) is 3.29. The van der Waals surface area contributed by atoms with Crippen molar-refractivity contribution in [2.24, 2.45) is 5.92 Å². The molecular weight excluding hydrogens is 282 g/mol. The molecule has 5 heteroatoms. The van der Waals surface area contributed by atoms with E-state index in [0.717, 1.165) is 4.90 Å². The van der Waals surface area contributed by atoms with Crippen LogP contribution in [-0.4, -0.2) is 40.9 Å². The summed E-state index contributed by atoms with van der Waals surface area (Å²) in [7, 11) is 0. The van der Waals surface area contributed by atoms with Crippen LogP contribution in [0.25, 0.3) is 0 Å². The topological polar surface area (TPSA) is 40.5 Å². The number of likely N-dealkylation sites (tertiary alicyclic amines) is 1. The van der Waals surface area contributed by atoms with Crippen molar-refractivity contribution in [3.63, 3.8) is 0 Å². The molecule has 1 fully saturated rings. The molecule has 1 saturated heterocycles. The molecule has 2 atom stereocenters. The van der Waals surface area contributed by atoms with Crippen molar-refractivity contribution in [3.8, 4) is 0 Å². The summed E-state index contributed by atoms with van der Waals surface area (Å²) in [5.74, 6) is 0.665. The van der Waals surface area contributed by atoms with Crippen LogP contribution in [0.4, 0.5) is 0 Å². The predicted octanol–water partition coefficient (Wildman–Crippen LogP) is 2.66. The van der Waals surface area contributed by atoms with Crippen LogP contribution in [0.1, 0.15) is 13.3 Å². The number of nitrogens with zero attached hydrogens (tertiary/aromatic N) is 1. The molecule has 19 heavy (non-hydrogen) atoms. The first kappa shape index (κ1) is 14.7. The Morgan fingerprint density at radius 3 is 2.95 bits per heavy atom. The van der Waals surface area contributed by atoms with Crippen LogP contribution in [0.2, 0.25) is 5.02 Å². The zero-order chi connectivity index (χ0) is 13.8. The largest absolute Gasteiger partial charge is 0.393 e. The van der Waals surface area contributed by atoms with Gasteiger partial charge in [-0.1, -0.05) is 30.7 Å². The average Bonchev–Trinajstić information content (AvgIpc) is 2.40. The lowest BCUT2D eigenvalue weighted by molar-refractivity contribution is -0.131. The summed E-state index contributed by atoms with van der Waals surface area (Å²) in [6, 6.07) is 7.54. The van der Waals surface area contributed by atoms with Crippen molar-refractivity contribution in [1.82, 2.24) is 4.90 Å². The summed E-state index contributed by atoms with van der Waals surface area (Å²) in [5, 5.41) is 10.3. The van der Waals surface area contributed by atoms with Crippen LogP contribution >= 0.6 is 23.4 Å². The smallest absolute Gasteiger partial charge is 0.232 e. The van der Waals surface area contributed by atoms with Gasteiger partial charge in [0.1, 0.15) is 0 Å². The van der Waals surface area contributed by atoms with Crippen molar-refractivity contribution < 1.29 is 9.90 Å². The molecule has 1 aromatic rings. The molecule has 0 radical (unpaired) electrons. The van der Waals surface area contributed by atoms with Gasteiger partial charge >= 0.3 is 0 Å². The molecular formula is C14H18ClNO2S. The van der Waals surface area contributed by atoms with Gasteiger partial charge in [-0.05, 0) is 24.5 Å². The van der Waals surface area contributed by atoms with Crippen LogP contribution in [0, 0.1) is 5.92 Å². The number of halogens is 1. The minimum atomic E-state index is -0.278. The van der Waals surface area contributed by atoms with Gasteiger partial charge in [0.15, 0.2) is 0 Å². The Morgan fingerprint density at radius 1 is 1.53 bits per heavy atom. The van der Waals surface area contributed by atoms with E-state index in [-0.39, 0.29) is 17.9 Å². The van der Waals surface area contributed by atoms with Crippen molar-refractivity contribution in [3.05, 3.63) is 29.3 Å². The molecule has 1 N–H and O–H groups in total. The minimum absolute atomic E-state index is 0.115. The molecule has 1 aliphatic rings. The number of hydrogen-bond donors (Lipinski definition) is 1. The van der Waals surface area contributed by atoms with E-state index < -0.39 is 0 Å². The first-order valence-electron chi connectivity index (χ1n) is 6.41. The van der Waals surface area contributed by atoms with Gasteiger partial charge in [-0.2, -0.15) is 0 Å². The molecule has 0 bridgehead atoms. The van der Waals surface area contributed by atoms with E-state index in [2.05, 4.69) is 0 Å². The quantitative estimate of drug-likeness (QED) is 0.872. The fraction of sp³-hybridized carbons (Fsp3) is 0.500. The number of carbonyl (C=O) groups is 1. The van der Waals surface area contributed by atoms with E-state index in [1.165, 1.54) is 11.8 Å². The maximum absolute atomic E-state index is 12.1. The first-order chi connectivity index (χ1) is 9.08. The predicted molar refractivity (Wildman–Crippen MR) is 78.5 cm³/mol. The second-order valence-corrected chi connectivity index (χ2v) is 6.32. The van der Waals surface area contributed by atoms with Gasteiger partial charge in [-0.25, -0.2) is 0 Å². The van der Waals surface area contributed by atoms with Crippen molar-refractivity contribution in [1.29, 1.82) is 0 Å². The van der Waals surface area contributed by atoms with E-state index in [1.807, 2.05) is 36.1 Å². The third kappa shape index (κ3) is 3.88. The van der Waals surface area contributed by atoms with E-state index in [1.54, 1.807) is 0 Å². The summed E-state index contributed by atoms with van der Waals surface area (Å²) in [4.78, 5) is 14.9. The molecule has 1 heterocycles. The number of benzene rings is 1. The number of piperidine rings is 1. The first-order valence-corrected chi connectivity index (χ1v) is 7.77. The van der Waals surface area contributed by atoms with Crippen LogP contribution in [-0.2, 0) is 4.79 Å². The zero-order valence-corrected chi connectivity index (χ0v) is 12.5. The molecule has 1 amide bonds. The molecule has 0 spiro atoms. The monoisotopic (exact) mass is 299 g/mol. The number of thioether (sulfide) groups is 1. The summed E-state index contributed by atoms with van der Waals surface area (Å²) >= 11 is 7.52. The highest BCUT2D eigenvalue weighted by Crippen LogP contribution is 2.27. The Hall–Kier alpha value is -0.710. The molecule has 0 aromatic heterocycles. The molecule has 3 nitrogen and oxygen atoms in total. The third-order valence-electron chi connectivity index (χ3n) is 3.40. The number of aliphatic hydroxyl groups is 1. The Balaban J connectivity index is 1.87. The molecule has 0 aliphatic carbocycles. The van der Waals surface area contributed by atoms with E-state index >= 15 is 0 Å². The Bertz CT molecular complexity index is 455. The number of aliphatic hydroxyl groups excluding tert-OH is 1. The van der Waals surface area contributed by atoms with Gasteiger partial charge in [0.05, 0.1) is 16.9 Å². The molecule has 1 aliphatic heterocycles. The highest BCUT2D eigenvalue weighted by Gasteiger charge is 2.26. The lowest BCUT2D eigenvalue weighted by Crippen LogP contribution is -2.45. The highest BCUT2D eigenvalue weighted by molar-refractivity contribution is 8.00. The van der Waals surface area contributed by atoms with Gasteiger partial charge < -0.3 is 10.0 Å². The van der Waals surface area contributed by atoms with Gasteiger partial charge in [0.2, 0.25) is 5.91 Å². The summed E-state index contributed by atoms with van der Waals surface area (Å²) in [5.41, 5.74) is 0. The summed E-state index contributed by atoms with van der Waals surface area (Å²) in [6.45, 7) is 3.27. The number of amides is 1. The van der Waals surface area contributed by atoms with Gasteiger partial charge in [-0.15, -0.1) is 11.8 Å². The molecule has 0 saturated carbocycles. The van der Waals surface area contributed by atoms with Crippen molar-refractivity contribution >= 4 is 29.3 Å². The maximum Gasteiger partial charge on any atom is 0.232 e. The lowest BCUT2D eigenvalue weighted by atomic mass is 9.97. The van der Waals surface area contributed by atoms with Crippen LogP contribution < -0.4 is 0 Å². The maximum atomic E-state index is 12.1. The second-order valence-electron chi connectivity index (χ2n) is 4.89. The second kappa shape index (κ2) is 6.64.